The van der Waals surface area contributed by atoms with E-state index in [0.29, 0.717) is 25.6 Å². The van der Waals surface area contributed by atoms with E-state index < -0.39 is 24.6 Å². The molecule has 0 saturated carbocycles. The van der Waals surface area contributed by atoms with Gasteiger partial charge in [-0.1, -0.05) is 0 Å². The zero-order valence-corrected chi connectivity index (χ0v) is 9.76. The summed E-state index contributed by atoms with van der Waals surface area (Å²) >= 11 is 0. The summed E-state index contributed by atoms with van der Waals surface area (Å²) in [7, 11) is 1.61. The molecule has 1 heterocycles. The maximum Gasteiger partial charge on any atom is 0.328 e. The number of likely N-dealkylation sites (tertiary alicyclic amines) is 1. The summed E-state index contributed by atoms with van der Waals surface area (Å²) in [5, 5.41) is 19.7. The number of aliphatic hydroxyl groups excluding tert-OH is 1. The first kappa shape index (κ1) is 13.7. The van der Waals surface area contributed by atoms with E-state index in [-0.39, 0.29) is 0 Å². The normalized spacial score (nSPS) is 21.3. The van der Waals surface area contributed by atoms with Crippen molar-refractivity contribution in [2.45, 2.75) is 12.5 Å². The first-order valence-electron chi connectivity index (χ1n) is 5.46. The molecule has 3 N–H and O–H groups in total. The van der Waals surface area contributed by atoms with E-state index in [1.807, 2.05) is 0 Å². The van der Waals surface area contributed by atoms with Gasteiger partial charge in [0.25, 0.3) is 0 Å². The van der Waals surface area contributed by atoms with E-state index in [9.17, 15) is 9.59 Å². The standard InChI is InChI=1S/C10H18N2O5/c1-17-6-7-2-3-12(4-7)10(16)11-8(5-13)9(14)15/h7-8,13H,2-6H2,1H3,(H,11,16)(H,14,15)/t7?,8-/m0/s1. The highest BCUT2D eigenvalue weighted by molar-refractivity contribution is 5.82. The zero-order valence-electron chi connectivity index (χ0n) is 9.76. The molecule has 2 amide bonds. The lowest BCUT2D eigenvalue weighted by molar-refractivity contribution is -0.140. The molecule has 1 unspecified atom stereocenters. The second-order valence-corrected chi connectivity index (χ2v) is 4.08. The van der Waals surface area contributed by atoms with E-state index >= 15 is 0 Å². The van der Waals surface area contributed by atoms with Crippen molar-refractivity contribution in [2.75, 3.05) is 33.4 Å². The predicted molar refractivity (Wildman–Crippen MR) is 58.6 cm³/mol. The molecule has 0 aromatic carbocycles. The van der Waals surface area contributed by atoms with Crippen molar-refractivity contribution >= 4 is 12.0 Å². The van der Waals surface area contributed by atoms with Gasteiger partial charge in [0.15, 0.2) is 6.04 Å². The molecule has 1 aliphatic heterocycles. The molecule has 0 radical (unpaired) electrons. The van der Waals surface area contributed by atoms with Gasteiger partial charge in [-0.3, -0.25) is 0 Å². The number of ether oxygens (including phenoxy) is 1. The summed E-state index contributed by atoms with van der Waals surface area (Å²) in [6, 6.07) is -1.70. The Kier molecular flexibility index (Phi) is 5.17. The molecule has 1 aliphatic rings. The van der Waals surface area contributed by atoms with Crippen LogP contribution in [0.1, 0.15) is 6.42 Å². The number of carboxylic acid groups (broad SMARTS) is 1. The Balaban J connectivity index is 2.41. The Morgan fingerprint density at radius 3 is 2.82 bits per heavy atom. The lowest BCUT2D eigenvalue weighted by atomic mass is 10.1. The second-order valence-electron chi connectivity index (χ2n) is 4.08. The number of nitrogens with one attached hydrogen (secondary N) is 1. The van der Waals surface area contributed by atoms with E-state index in [0.717, 1.165) is 6.42 Å². The highest BCUT2D eigenvalue weighted by atomic mass is 16.5. The molecule has 0 aromatic rings. The Hall–Kier alpha value is -1.34. The second kappa shape index (κ2) is 6.41. The highest BCUT2D eigenvalue weighted by Gasteiger charge is 2.28. The molecular formula is C10H18N2O5. The summed E-state index contributed by atoms with van der Waals surface area (Å²) in [6.07, 6.45) is 0.845. The molecular weight excluding hydrogens is 228 g/mol. The smallest absolute Gasteiger partial charge is 0.328 e. The summed E-state index contributed by atoms with van der Waals surface area (Å²) in [5.74, 6) is -0.948. The number of hydrogen-bond acceptors (Lipinski definition) is 4. The maximum absolute atomic E-state index is 11.7. The average molecular weight is 246 g/mol. The van der Waals surface area contributed by atoms with Crippen LogP contribution in [0.3, 0.4) is 0 Å². The molecule has 0 bridgehead atoms. The van der Waals surface area contributed by atoms with Gasteiger partial charge in [-0.2, -0.15) is 0 Å². The fourth-order valence-corrected chi connectivity index (χ4v) is 1.81. The molecule has 7 nitrogen and oxygen atoms in total. The number of rotatable bonds is 5. The SMILES string of the molecule is COCC1CCN(C(=O)N[C@@H](CO)C(=O)O)C1. The van der Waals surface area contributed by atoms with Crippen LogP contribution in [0.2, 0.25) is 0 Å². The number of nitrogens with zero attached hydrogens (tertiary/aromatic N) is 1. The number of urea groups is 1. The quantitative estimate of drug-likeness (QED) is 0.584. The van der Waals surface area contributed by atoms with E-state index in [1.54, 1.807) is 7.11 Å². The molecule has 1 saturated heterocycles. The average Bonchev–Trinajstić information content (AvgIpc) is 2.74. The van der Waals surface area contributed by atoms with Crippen LogP contribution in [-0.4, -0.2) is 66.6 Å². The van der Waals surface area contributed by atoms with Crippen LogP contribution in [-0.2, 0) is 9.53 Å². The number of carboxylic acids is 1. The van der Waals surface area contributed by atoms with Crippen molar-refractivity contribution < 1.29 is 24.5 Å². The minimum Gasteiger partial charge on any atom is -0.480 e. The Bertz CT molecular complexity index is 284. The third-order valence-electron chi connectivity index (χ3n) is 2.75. The molecule has 7 heteroatoms. The predicted octanol–water partition coefficient (Wildman–Crippen LogP) is -0.890. The first-order valence-corrected chi connectivity index (χ1v) is 5.46. The number of carbonyl (C=O) groups is 2. The minimum atomic E-state index is -1.25. The lowest BCUT2D eigenvalue weighted by Crippen LogP contribution is -2.49. The molecule has 0 spiro atoms. The Morgan fingerprint density at radius 1 is 1.59 bits per heavy atom. The molecule has 2 atom stereocenters. The molecule has 0 aromatic heterocycles. The number of hydrogen-bond donors (Lipinski definition) is 3. The van der Waals surface area contributed by atoms with Crippen molar-refractivity contribution in [1.82, 2.24) is 10.2 Å². The summed E-state index contributed by atoms with van der Waals surface area (Å²) in [5.41, 5.74) is 0. The monoisotopic (exact) mass is 246 g/mol. The van der Waals surface area contributed by atoms with Crippen molar-refractivity contribution in [1.29, 1.82) is 0 Å². The van der Waals surface area contributed by atoms with Gasteiger partial charge in [-0.05, 0) is 6.42 Å². The number of carbonyl (C=O) groups excluding carboxylic acids is 1. The Labute approximate surface area is 99.4 Å². The van der Waals surface area contributed by atoms with Crippen LogP contribution >= 0.6 is 0 Å². The zero-order chi connectivity index (χ0) is 12.8. The topological polar surface area (TPSA) is 99.1 Å². The van der Waals surface area contributed by atoms with Gasteiger partial charge in [0.2, 0.25) is 0 Å². The molecule has 1 rings (SSSR count). The number of aliphatic carboxylic acids is 1. The van der Waals surface area contributed by atoms with Gasteiger partial charge in [-0.25, -0.2) is 9.59 Å². The summed E-state index contributed by atoms with van der Waals surface area (Å²) < 4.78 is 5.00. The minimum absolute atomic E-state index is 0.295. The maximum atomic E-state index is 11.7. The summed E-state index contributed by atoms with van der Waals surface area (Å²) in [4.78, 5) is 23.8. The third-order valence-corrected chi connectivity index (χ3v) is 2.75. The first-order chi connectivity index (χ1) is 8.08. The van der Waals surface area contributed by atoms with Gasteiger partial charge in [0.1, 0.15) is 0 Å². The highest BCUT2D eigenvalue weighted by Crippen LogP contribution is 2.16. The number of amides is 2. The van der Waals surface area contributed by atoms with Gasteiger partial charge < -0.3 is 25.2 Å². The van der Waals surface area contributed by atoms with Crippen molar-refractivity contribution in [3.8, 4) is 0 Å². The molecule has 1 fully saturated rings. The number of methoxy groups -OCH3 is 1. The van der Waals surface area contributed by atoms with Gasteiger partial charge >= 0.3 is 12.0 Å². The largest absolute Gasteiger partial charge is 0.480 e. The van der Waals surface area contributed by atoms with Gasteiger partial charge in [0, 0.05) is 26.1 Å². The van der Waals surface area contributed by atoms with Gasteiger partial charge in [0.05, 0.1) is 13.2 Å². The van der Waals surface area contributed by atoms with Crippen LogP contribution in [0, 0.1) is 5.92 Å². The summed E-state index contributed by atoms with van der Waals surface area (Å²) in [6.45, 7) is 1.11. The van der Waals surface area contributed by atoms with Crippen LogP contribution in [0.15, 0.2) is 0 Å². The lowest BCUT2D eigenvalue weighted by Gasteiger charge is -2.19. The van der Waals surface area contributed by atoms with Crippen LogP contribution in [0.4, 0.5) is 4.79 Å². The van der Waals surface area contributed by atoms with Gasteiger partial charge in [-0.15, -0.1) is 0 Å². The fraction of sp³-hybridized carbons (Fsp3) is 0.800. The van der Waals surface area contributed by atoms with Crippen LogP contribution in [0.25, 0.3) is 0 Å². The fourth-order valence-electron chi connectivity index (χ4n) is 1.81. The molecule has 98 valence electrons. The van der Waals surface area contributed by atoms with Crippen LogP contribution < -0.4 is 5.32 Å². The van der Waals surface area contributed by atoms with E-state index in [4.69, 9.17) is 14.9 Å². The number of aliphatic hydroxyl groups is 1. The van der Waals surface area contributed by atoms with E-state index in [2.05, 4.69) is 5.32 Å². The van der Waals surface area contributed by atoms with Crippen molar-refractivity contribution in [2.24, 2.45) is 5.92 Å². The molecule has 17 heavy (non-hydrogen) atoms. The van der Waals surface area contributed by atoms with Crippen LogP contribution in [0.5, 0.6) is 0 Å². The molecule has 0 aliphatic carbocycles. The Morgan fingerprint density at radius 2 is 2.29 bits per heavy atom. The van der Waals surface area contributed by atoms with E-state index in [1.165, 1.54) is 4.90 Å². The van der Waals surface area contributed by atoms with Crippen molar-refractivity contribution in [3.63, 3.8) is 0 Å². The third kappa shape index (κ3) is 3.86. The van der Waals surface area contributed by atoms with Crippen molar-refractivity contribution in [3.05, 3.63) is 0 Å².